The molecule has 1 N–H and O–H groups in total. The number of aromatic nitrogens is 3. The summed E-state index contributed by atoms with van der Waals surface area (Å²) in [5.41, 5.74) is 4.33. The Hall–Kier alpha value is -2.70. The average Bonchev–Trinajstić information content (AvgIpc) is 3.03. The maximum atomic E-state index is 12.8. The zero-order valence-electron chi connectivity index (χ0n) is 14.8. The van der Waals surface area contributed by atoms with E-state index >= 15 is 0 Å². The van der Waals surface area contributed by atoms with Gasteiger partial charge in [0.1, 0.15) is 5.69 Å². The van der Waals surface area contributed by atoms with E-state index in [1.807, 2.05) is 44.2 Å². The highest BCUT2D eigenvalue weighted by atomic mass is 35.5. The van der Waals surface area contributed by atoms with Crippen LogP contribution in [0, 0.1) is 13.8 Å². The van der Waals surface area contributed by atoms with E-state index in [-0.39, 0.29) is 18.2 Å². The monoisotopic (exact) mass is 370 g/mol. The lowest BCUT2D eigenvalue weighted by molar-refractivity contribution is 0.101. The van der Waals surface area contributed by atoms with Crippen LogP contribution < -0.4 is 5.32 Å². The molecule has 0 unspecified atom stereocenters. The molecule has 0 saturated heterocycles. The van der Waals surface area contributed by atoms with Gasteiger partial charge in [-0.15, -0.1) is 5.10 Å². The van der Waals surface area contributed by atoms with Gasteiger partial charge in [0.2, 0.25) is 0 Å². The highest BCUT2D eigenvalue weighted by Gasteiger charge is 2.21. The van der Waals surface area contributed by atoms with Crippen molar-refractivity contribution in [3.05, 3.63) is 70.0 Å². The molecule has 0 bridgehead atoms. The van der Waals surface area contributed by atoms with Crippen molar-refractivity contribution >= 4 is 23.2 Å². The summed E-state index contributed by atoms with van der Waals surface area (Å²) in [6.45, 7) is 4.11. The summed E-state index contributed by atoms with van der Waals surface area (Å²) >= 11 is 5.94. The SMILES string of the molecule is COCc1c(C(=O)Nc2cc(C)ccc2C)nnn1-c1ccc(Cl)cc1. The molecule has 1 amide bonds. The molecule has 0 aliphatic heterocycles. The fraction of sp³-hybridized carbons (Fsp3) is 0.211. The molecule has 1 heterocycles. The summed E-state index contributed by atoms with van der Waals surface area (Å²) in [6, 6.07) is 13.0. The van der Waals surface area contributed by atoms with Gasteiger partial charge in [0.15, 0.2) is 5.69 Å². The molecule has 0 aliphatic rings. The number of amides is 1. The molecule has 26 heavy (non-hydrogen) atoms. The molecule has 7 heteroatoms. The number of rotatable bonds is 5. The van der Waals surface area contributed by atoms with Crippen LogP contribution in [-0.4, -0.2) is 28.0 Å². The number of benzene rings is 2. The van der Waals surface area contributed by atoms with E-state index in [1.165, 1.54) is 0 Å². The number of carbonyl (C=O) groups excluding carboxylic acids is 1. The summed E-state index contributed by atoms with van der Waals surface area (Å²) in [6.07, 6.45) is 0. The second-order valence-electron chi connectivity index (χ2n) is 5.98. The van der Waals surface area contributed by atoms with Crippen molar-refractivity contribution in [3.8, 4) is 5.69 Å². The van der Waals surface area contributed by atoms with Crippen molar-refractivity contribution in [2.24, 2.45) is 0 Å². The second-order valence-corrected chi connectivity index (χ2v) is 6.41. The van der Waals surface area contributed by atoms with E-state index < -0.39 is 0 Å². The Morgan fingerprint density at radius 2 is 1.92 bits per heavy atom. The Labute approximate surface area is 156 Å². The van der Waals surface area contributed by atoms with Gasteiger partial charge in [0.05, 0.1) is 12.3 Å². The average molecular weight is 371 g/mol. The minimum atomic E-state index is -0.328. The minimum Gasteiger partial charge on any atom is -0.378 e. The third-order valence-electron chi connectivity index (χ3n) is 3.97. The fourth-order valence-electron chi connectivity index (χ4n) is 2.59. The van der Waals surface area contributed by atoms with E-state index in [0.717, 1.165) is 22.5 Å². The Bertz CT molecular complexity index is 935. The summed E-state index contributed by atoms with van der Waals surface area (Å²) < 4.78 is 6.83. The van der Waals surface area contributed by atoms with Gasteiger partial charge in [0, 0.05) is 17.8 Å². The van der Waals surface area contributed by atoms with Crippen LogP contribution in [0.3, 0.4) is 0 Å². The van der Waals surface area contributed by atoms with Crippen LogP contribution in [0.5, 0.6) is 0 Å². The zero-order valence-corrected chi connectivity index (χ0v) is 15.5. The fourth-order valence-corrected chi connectivity index (χ4v) is 2.71. The number of anilines is 1. The maximum absolute atomic E-state index is 12.8. The van der Waals surface area contributed by atoms with Gasteiger partial charge in [-0.25, -0.2) is 4.68 Å². The molecular weight excluding hydrogens is 352 g/mol. The molecule has 3 rings (SSSR count). The standard InChI is InChI=1S/C19H19ClN4O2/c1-12-4-5-13(2)16(10-12)21-19(25)18-17(11-26-3)24(23-22-18)15-8-6-14(20)7-9-15/h4-10H,11H2,1-3H3,(H,21,25). The van der Waals surface area contributed by atoms with Crippen molar-refractivity contribution in [3.63, 3.8) is 0 Å². The molecular formula is C19H19ClN4O2. The molecule has 0 aliphatic carbocycles. The first-order chi connectivity index (χ1) is 12.5. The highest BCUT2D eigenvalue weighted by Crippen LogP contribution is 2.20. The summed E-state index contributed by atoms with van der Waals surface area (Å²) in [4.78, 5) is 12.8. The molecule has 0 radical (unpaired) electrons. The molecule has 6 nitrogen and oxygen atoms in total. The first kappa shape index (κ1) is 18.1. The van der Waals surface area contributed by atoms with Gasteiger partial charge in [-0.05, 0) is 55.3 Å². The van der Waals surface area contributed by atoms with E-state index in [9.17, 15) is 4.79 Å². The highest BCUT2D eigenvalue weighted by molar-refractivity contribution is 6.30. The molecule has 134 valence electrons. The first-order valence-electron chi connectivity index (χ1n) is 8.07. The van der Waals surface area contributed by atoms with Gasteiger partial charge < -0.3 is 10.1 Å². The first-order valence-corrected chi connectivity index (χ1v) is 8.45. The predicted octanol–water partition coefficient (Wildman–Crippen LogP) is 3.94. The normalized spacial score (nSPS) is 10.8. The quantitative estimate of drug-likeness (QED) is 0.738. The van der Waals surface area contributed by atoms with Crippen molar-refractivity contribution < 1.29 is 9.53 Å². The van der Waals surface area contributed by atoms with E-state index in [4.69, 9.17) is 16.3 Å². The van der Waals surface area contributed by atoms with E-state index in [1.54, 1.807) is 23.9 Å². The number of nitrogens with one attached hydrogen (secondary N) is 1. The zero-order chi connectivity index (χ0) is 18.7. The summed E-state index contributed by atoms with van der Waals surface area (Å²) in [5.74, 6) is -0.328. The molecule has 0 spiro atoms. The molecule has 0 fully saturated rings. The number of carbonyl (C=O) groups is 1. The lowest BCUT2D eigenvalue weighted by Crippen LogP contribution is -2.16. The third kappa shape index (κ3) is 3.76. The molecule has 0 atom stereocenters. The number of hydrogen-bond acceptors (Lipinski definition) is 4. The van der Waals surface area contributed by atoms with E-state index in [0.29, 0.717) is 10.7 Å². The Morgan fingerprint density at radius 3 is 2.62 bits per heavy atom. The van der Waals surface area contributed by atoms with Crippen LogP contribution in [0.15, 0.2) is 42.5 Å². The van der Waals surface area contributed by atoms with Crippen molar-refractivity contribution in [2.45, 2.75) is 20.5 Å². The molecule has 1 aromatic heterocycles. The van der Waals surface area contributed by atoms with Gasteiger partial charge in [-0.3, -0.25) is 4.79 Å². The van der Waals surface area contributed by atoms with Crippen LogP contribution in [0.4, 0.5) is 5.69 Å². The van der Waals surface area contributed by atoms with Gasteiger partial charge >= 0.3 is 0 Å². The molecule has 2 aromatic carbocycles. The molecule has 3 aromatic rings. The number of ether oxygens (including phenoxy) is 1. The summed E-state index contributed by atoms with van der Waals surface area (Å²) in [5, 5.41) is 11.7. The molecule has 0 saturated carbocycles. The van der Waals surface area contributed by atoms with Crippen LogP contribution >= 0.6 is 11.6 Å². The van der Waals surface area contributed by atoms with Crippen molar-refractivity contribution in [1.82, 2.24) is 15.0 Å². The van der Waals surface area contributed by atoms with Crippen LogP contribution in [0.2, 0.25) is 5.02 Å². The van der Waals surface area contributed by atoms with Crippen LogP contribution in [-0.2, 0) is 11.3 Å². The predicted molar refractivity (Wildman–Crippen MR) is 101 cm³/mol. The number of hydrogen-bond donors (Lipinski definition) is 1. The lowest BCUT2D eigenvalue weighted by Gasteiger charge is -2.10. The number of nitrogens with zero attached hydrogens (tertiary/aromatic N) is 3. The summed E-state index contributed by atoms with van der Waals surface area (Å²) in [7, 11) is 1.56. The smallest absolute Gasteiger partial charge is 0.278 e. The van der Waals surface area contributed by atoms with Crippen molar-refractivity contribution in [1.29, 1.82) is 0 Å². The van der Waals surface area contributed by atoms with E-state index in [2.05, 4.69) is 15.6 Å². The Balaban J connectivity index is 1.95. The largest absolute Gasteiger partial charge is 0.378 e. The van der Waals surface area contributed by atoms with Crippen molar-refractivity contribution in [2.75, 3.05) is 12.4 Å². The number of aryl methyl sites for hydroxylation is 2. The number of halogens is 1. The Kier molecular flexibility index (Phi) is 5.35. The maximum Gasteiger partial charge on any atom is 0.278 e. The Morgan fingerprint density at radius 1 is 1.19 bits per heavy atom. The van der Waals surface area contributed by atoms with Crippen LogP contribution in [0.25, 0.3) is 5.69 Å². The second kappa shape index (κ2) is 7.68. The van der Waals surface area contributed by atoms with Gasteiger partial charge in [-0.2, -0.15) is 0 Å². The number of methoxy groups -OCH3 is 1. The third-order valence-corrected chi connectivity index (χ3v) is 4.22. The lowest BCUT2D eigenvalue weighted by atomic mass is 10.1. The topological polar surface area (TPSA) is 69.0 Å². The van der Waals surface area contributed by atoms with Gasteiger partial charge in [-0.1, -0.05) is 28.9 Å². The van der Waals surface area contributed by atoms with Crippen LogP contribution in [0.1, 0.15) is 27.3 Å². The minimum absolute atomic E-state index is 0.200. The van der Waals surface area contributed by atoms with Gasteiger partial charge in [0.25, 0.3) is 5.91 Å².